The van der Waals surface area contributed by atoms with Gasteiger partial charge in [-0.1, -0.05) is 44.7 Å². The summed E-state index contributed by atoms with van der Waals surface area (Å²) in [6, 6.07) is 14.9. The quantitative estimate of drug-likeness (QED) is 0.630. The fourth-order valence-electron chi connectivity index (χ4n) is 3.64. The van der Waals surface area contributed by atoms with Crippen LogP contribution in [0, 0.1) is 5.92 Å². The van der Waals surface area contributed by atoms with Gasteiger partial charge in [0.2, 0.25) is 0 Å². The minimum Gasteiger partial charge on any atom is -0.352 e. The van der Waals surface area contributed by atoms with Crippen LogP contribution in [0.1, 0.15) is 44.5 Å². The molecule has 0 spiro atoms. The molecular weight excluding hydrogens is 378 g/mol. The van der Waals surface area contributed by atoms with Crippen LogP contribution in [0.15, 0.2) is 52.3 Å². The van der Waals surface area contributed by atoms with Gasteiger partial charge >= 0.3 is 0 Å². The lowest BCUT2D eigenvalue weighted by molar-refractivity contribution is 0.0952. The molecule has 0 radical (unpaired) electrons. The minimum atomic E-state index is 0.00980. The lowest BCUT2D eigenvalue weighted by Gasteiger charge is -2.38. The van der Waals surface area contributed by atoms with Crippen LogP contribution in [0.25, 0.3) is 0 Å². The molecular formula is C24H33N3OS. The monoisotopic (exact) mass is 411 g/mol. The van der Waals surface area contributed by atoms with Crippen molar-refractivity contribution in [2.24, 2.45) is 5.92 Å². The number of amides is 1. The summed E-state index contributed by atoms with van der Waals surface area (Å²) < 4.78 is 0. The molecule has 0 saturated heterocycles. The summed E-state index contributed by atoms with van der Waals surface area (Å²) in [4.78, 5) is 19.9. The minimum absolute atomic E-state index is 0.00980. The van der Waals surface area contributed by atoms with Crippen molar-refractivity contribution < 1.29 is 4.79 Å². The summed E-state index contributed by atoms with van der Waals surface area (Å²) in [7, 11) is 2.15. The molecule has 4 nitrogen and oxygen atoms in total. The molecule has 1 atom stereocenters. The Balaban J connectivity index is 1.92. The molecule has 5 heteroatoms. The fraction of sp³-hybridized carbons (Fsp3) is 0.458. The predicted molar refractivity (Wildman–Crippen MR) is 124 cm³/mol. The largest absolute Gasteiger partial charge is 0.352 e. The van der Waals surface area contributed by atoms with Gasteiger partial charge in [-0.25, -0.2) is 0 Å². The number of hydrogen-bond acceptors (Lipinski definition) is 4. The second-order valence-corrected chi connectivity index (χ2v) is 9.35. The first-order valence-electron chi connectivity index (χ1n) is 10.6. The second kappa shape index (κ2) is 9.68. The van der Waals surface area contributed by atoms with Gasteiger partial charge in [0.05, 0.1) is 11.4 Å². The van der Waals surface area contributed by atoms with Crippen LogP contribution >= 0.6 is 11.8 Å². The molecule has 2 aromatic rings. The lowest BCUT2D eigenvalue weighted by atomic mass is 10.1. The number of anilines is 2. The molecule has 0 fully saturated rings. The second-order valence-electron chi connectivity index (χ2n) is 8.26. The SMILES string of the molecule is CCN(C)CC(C)N1c2ccccc2Sc2ccc(C(=O)NCCC(C)C)cc21. The molecule has 1 aliphatic rings. The lowest BCUT2D eigenvalue weighted by Crippen LogP contribution is -2.39. The van der Waals surface area contributed by atoms with E-state index in [1.807, 2.05) is 6.07 Å². The molecule has 2 aromatic carbocycles. The van der Waals surface area contributed by atoms with Crippen LogP contribution in [0.2, 0.25) is 0 Å². The summed E-state index contributed by atoms with van der Waals surface area (Å²) in [5.74, 6) is 0.592. The molecule has 0 aromatic heterocycles. The van der Waals surface area contributed by atoms with Crippen molar-refractivity contribution in [3.63, 3.8) is 0 Å². The maximum atomic E-state index is 12.7. The highest BCUT2D eigenvalue weighted by atomic mass is 32.2. The Labute approximate surface area is 179 Å². The van der Waals surface area contributed by atoms with E-state index in [-0.39, 0.29) is 5.91 Å². The van der Waals surface area contributed by atoms with Crippen molar-refractivity contribution >= 4 is 29.0 Å². The number of carbonyl (C=O) groups excluding carboxylic acids is 1. The summed E-state index contributed by atoms with van der Waals surface area (Å²) >= 11 is 1.78. The maximum absolute atomic E-state index is 12.7. The zero-order valence-electron chi connectivity index (χ0n) is 18.2. The number of hydrogen-bond donors (Lipinski definition) is 1. The third-order valence-corrected chi connectivity index (χ3v) is 6.52. The zero-order valence-corrected chi connectivity index (χ0v) is 19.1. The van der Waals surface area contributed by atoms with Crippen LogP contribution in [-0.4, -0.2) is 43.5 Å². The van der Waals surface area contributed by atoms with Crippen LogP contribution in [-0.2, 0) is 0 Å². The highest BCUT2D eigenvalue weighted by Crippen LogP contribution is 2.49. The Morgan fingerprint density at radius 3 is 2.55 bits per heavy atom. The van der Waals surface area contributed by atoms with Gasteiger partial charge in [0.15, 0.2) is 0 Å². The average Bonchev–Trinajstić information content (AvgIpc) is 2.70. The van der Waals surface area contributed by atoms with Gasteiger partial charge in [0, 0.05) is 34.5 Å². The van der Waals surface area contributed by atoms with Crippen LogP contribution in [0.5, 0.6) is 0 Å². The molecule has 0 aliphatic carbocycles. The van der Waals surface area contributed by atoms with Gasteiger partial charge in [-0.15, -0.1) is 0 Å². The van der Waals surface area contributed by atoms with Crippen molar-refractivity contribution in [2.75, 3.05) is 31.6 Å². The normalized spacial score (nSPS) is 14.0. The van der Waals surface area contributed by atoms with E-state index in [0.29, 0.717) is 18.5 Å². The third kappa shape index (κ3) is 5.14. The standard InChI is InChI=1S/C24H33N3OS/c1-6-26(5)16-18(4)27-20-9-7-8-10-22(20)29-23-12-11-19(15-21(23)27)24(28)25-14-13-17(2)3/h7-12,15,17-18H,6,13-14,16H2,1-5H3,(H,25,28). The number of carbonyl (C=O) groups is 1. The van der Waals surface area contributed by atoms with E-state index in [2.05, 4.69) is 86.3 Å². The Morgan fingerprint density at radius 2 is 1.83 bits per heavy atom. The number of nitrogens with zero attached hydrogens (tertiary/aromatic N) is 2. The number of rotatable bonds is 8. The van der Waals surface area contributed by atoms with E-state index in [0.717, 1.165) is 30.8 Å². The van der Waals surface area contributed by atoms with Crippen molar-refractivity contribution in [3.8, 4) is 0 Å². The van der Waals surface area contributed by atoms with Crippen molar-refractivity contribution in [3.05, 3.63) is 48.0 Å². The summed E-state index contributed by atoms with van der Waals surface area (Å²) in [6.07, 6.45) is 0.992. The molecule has 0 bridgehead atoms. The topological polar surface area (TPSA) is 35.6 Å². The Bertz CT molecular complexity index is 852. The predicted octanol–water partition coefficient (Wildman–Crippen LogP) is 5.41. The van der Waals surface area contributed by atoms with Gasteiger partial charge < -0.3 is 15.1 Å². The first-order valence-corrected chi connectivity index (χ1v) is 11.4. The number of fused-ring (bicyclic) bond motifs is 2. The van der Waals surface area contributed by atoms with Gasteiger partial charge in [-0.3, -0.25) is 4.79 Å². The maximum Gasteiger partial charge on any atom is 0.251 e. The molecule has 1 N–H and O–H groups in total. The van der Waals surface area contributed by atoms with Gasteiger partial charge in [-0.2, -0.15) is 0 Å². The van der Waals surface area contributed by atoms with Crippen molar-refractivity contribution in [1.82, 2.24) is 10.2 Å². The van der Waals surface area contributed by atoms with E-state index in [4.69, 9.17) is 0 Å². The van der Waals surface area contributed by atoms with Crippen LogP contribution in [0.4, 0.5) is 11.4 Å². The highest BCUT2D eigenvalue weighted by Gasteiger charge is 2.28. The molecule has 1 unspecified atom stereocenters. The smallest absolute Gasteiger partial charge is 0.251 e. The van der Waals surface area contributed by atoms with E-state index in [9.17, 15) is 4.79 Å². The van der Waals surface area contributed by atoms with E-state index in [1.165, 1.54) is 15.5 Å². The number of benzene rings is 2. The summed E-state index contributed by atoms with van der Waals surface area (Å²) in [6.45, 7) is 11.5. The average molecular weight is 412 g/mol. The number of likely N-dealkylation sites (N-methyl/N-ethyl adjacent to an activating group) is 1. The molecule has 29 heavy (non-hydrogen) atoms. The Kier molecular flexibility index (Phi) is 7.25. The molecule has 1 amide bonds. The van der Waals surface area contributed by atoms with Crippen LogP contribution < -0.4 is 10.2 Å². The Hall–Kier alpha value is -1.98. The molecule has 0 saturated carbocycles. The zero-order chi connectivity index (χ0) is 21.0. The summed E-state index contributed by atoms with van der Waals surface area (Å²) in [5, 5.41) is 3.07. The van der Waals surface area contributed by atoms with Crippen molar-refractivity contribution in [2.45, 2.75) is 49.9 Å². The number of para-hydroxylation sites is 1. The summed E-state index contributed by atoms with van der Waals surface area (Å²) in [5.41, 5.74) is 3.08. The van der Waals surface area contributed by atoms with E-state index < -0.39 is 0 Å². The molecule has 1 heterocycles. The van der Waals surface area contributed by atoms with Crippen LogP contribution in [0.3, 0.4) is 0 Å². The molecule has 156 valence electrons. The molecule has 1 aliphatic heterocycles. The Morgan fingerprint density at radius 1 is 1.10 bits per heavy atom. The number of nitrogens with one attached hydrogen (secondary N) is 1. The molecule has 3 rings (SSSR count). The van der Waals surface area contributed by atoms with Gasteiger partial charge in [0.25, 0.3) is 5.91 Å². The fourth-order valence-corrected chi connectivity index (χ4v) is 4.69. The van der Waals surface area contributed by atoms with E-state index >= 15 is 0 Å². The van der Waals surface area contributed by atoms with Crippen molar-refractivity contribution in [1.29, 1.82) is 0 Å². The highest BCUT2D eigenvalue weighted by molar-refractivity contribution is 7.99. The first-order chi connectivity index (χ1) is 13.9. The van der Waals surface area contributed by atoms with Gasteiger partial charge in [0.1, 0.15) is 0 Å². The van der Waals surface area contributed by atoms with Gasteiger partial charge in [-0.05, 0) is 63.2 Å². The third-order valence-electron chi connectivity index (χ3n) is 5.39. The first kappa shape index (κ1) is 21.7. The van der Waals surface area contributed by atoms with E-state index in [1.54, 1.807) is 11.8 Å².